The van der Waals surface area contributed by atoms with E-state index in [1.165, 1.54) is 0 Å². The van der Waals surface area contributed by atoms with Gasteiger partial charge in [0.1, 0.15) is 0 Å². The van der Waals surface area contributed by atoms with E-state index in [1.807, 2.05) is 29.6 Å². The van der Waals surface area contributed by atoms with Crippen LogP contribution in [-0.2, 0) is 0 Å². The van der Waals surface area contributed by atoms with Crippen LogP contribution in [0.4, 0.5) is 5.69 Å². The van der Waals surface area contributed by atoms with E-state index in [4.69, 9.17) is 5.73 Å². The molecule has 13 heavy (non-hydrogen) atoms. The summed E-state index contributed by atoms with van der Waals surface area (Å²) in [5.74, 6) is 0. The molecule has 0 aliphatic heterocycles. The molecule has 2 aromatic rings. The molecule has 0 aliphatic rings. The fraction of sp³-hybridized carbons (Fsp3) is 0. The first kappa shape index (κ1) is 8.78. The van der Waals surface area contributed by atoms with Crippen molar-refractivity contribution in [2.24, 2.45) is 0 Å². The molecular weight excluding hydrogens is 246 g/mol. The summed E-state index contributed by atoms with van der Waals surface area (Å²) in [5, 5.41) is 2.00. The summed E-state index contributed by atoms with van der Waals surface area (Å²) < 4.78 is 1.09. The van der Waals surface area contributed by atoms with E-state index < -0.39 is 0 Å². The molecule has 0 unspecified atom stereocenters. The van der Waals surface area contributed by atoms with Crippen molar-refractivity contribution >= 4 is 33.0 Å². The zero-order valence-electron chi connectivity index (χ0n) is 6.83. The Morgan fingerprint density at radius 3 is 2.54 bits per heavy atom. The zero-order valence-corrected chi connectivity index (χ0v) is 9.23. The summed E-state index contributed by atoms with van der Waals surface area (Å²) in [5.41, 5.74) is 7.84. The van der Waals surface area contributed by atoms with Gasteiger partial charge >= 0.3 is 0 Å². The number of hydrogen-bond donors (Lipinski definition) is 1. The average Bonchev–Trinajstić information content (AvgIpc) is 2.52. The highest BCUT2D eigenvalue weighted by atomic mass is 79.9. The minimum absolute atomic E-state index is 0.844. The van der Waals surface area contributed by atoms with Crippen molar-refractivity contribution in [3.63, 3.8) is 0 Å². The van der Waals surface area contributed by atoms with Gasteiger partial charge in [-0.1, -0.05) is 34.1 Å². The molecule has 0 aliphatic carbocycles. The monoisotopic (exact) mass is 253 g/mol. The van der Waals surface area contributed by atoms with E-state index in [9.17, 15) is 0 Å². The molecule has 0 fully saturated rings. The lowest BCUT2D eigenvalue weighted by atomic mass is 10.2. The zero-order chi connectivity index (χ0) is 9.26. The van der Waals surface area contributed by atoms with Crippen molar-refractivity contribution in [1.29, 1.82) is 0 Å². The molecule has 0 spiro atoms. The van der Waals surface area contributed by atoms with Crippen LogP contribution in [0, 0.1) is 0 Å². The van der Waals surface area contributed by atoms with Crippen molar-refractivity contribution < 1.29 is 0 Å². The topological polar surface area (TPSA) is 26.0 Å². The predicted molar refractivity (Wildman–Crippen MR) is 61.9 cm³/mol. The Balaban J connectivity index is 2.59. The highest BCUT2D eigenvalue weighted by Gasteiger charge is 2.06. The largest absolute Gasteiger partial charge is 0.398 e. The van der Waals surface area contributed by atoms with Gasteiger partial charge in [-0.3, -0.25) is 0 Å². The van der Waals surface area contributed by atoms with Gasteiger partial charge in [-0.15, -0.1) is 11.3 Å². The van der Waals surface area contributed by atoms with Crippen molar-refractivity contribution in [1.82, 2.24) is 0 Å². The second-order valence-corrected chi connectivity index (χ2v) is 4.46. The second kappa shape index (κ2) is 3.52. The third-order valence-corrected chi connectivity index (χ3v) is 3.47. The van der Waals surface area contributed by atoms with Crippen LogP contribution in [0.2, 0.25) is 0 Å². The van der Waals surface area contributed by atoms with E-state index in [1.54, 1.807) is 11.3 Å². The summed E-state index contributed by atoms with van der Waals surface area (Å²) >= 11 is 5.16. The molecule has 0 saturated heterocycles. The number of hydrogen-bond acceptors (Lipinski definition) is 2. The Labute approximate surface area is 89.3 Å². The number of benzene rings is 1. The summed E-state index contributed by atoms with van der Waals surface area (Å²) in [4.78, 5) is 1.13. The summed E-state index contributed by atoms with van der Waals surface area (Å²) in [6.45, 7) is 0. The van der Waals surface area contributed by atoms with E-state index >= 15 is 0 Å². The SMILES string of the molecule is Nc1ccsc1-c1ccccc1Br. The van der Waals surface area contributed by atoms with Crippen molar-refractivity contribution in [2.75, 3.05) is 5.73 Å². The summed E-state index contributed by atoms with van der Waals surface area (Å²) in [6.07, 6.45) is 0. The number of anilines is 1. The van der Waals surface area contributed by atoms with E-state index in [-0.39, 0.29) is 0 Å². The molecule has 3 heteroatoms. The van der Waals surface area contributed by atoms with Gasteiger partial charge in [-0.25, -0.2) is 0 Å². The molecule has 0 amide bonds. The Hall–Kier alpha value is -0.800. The van der Waals surface area contributed by atoms with Crippen molar-refractivity contribution in [3.05, 3.63) is 40.2 Å². The van der Waals surface area contributed by atoms with E-state index in [0.29, 0.717) is 0 Å². The quantitative estimate of drug-likeness (QED) is 0.823. The van der Waals surface area contributed by atoms with Crippen LogP contribution in [0.1, 0.15) is 0 Å². The van der Waals surface area contributed by atoms with Crippen LogP contribution in [0.15, 0.2) is 40.2 Å². The lowest BCUT2D eigenvalue weighted by Crippen LogP contribution is -1.84. The maximum absolute atomic E-state index is 5.83. The Bertz CT molecular complexity index is 422. The standard InChI is InChI=1S/C10H8BrNS/c11-8-4-2-1-3-7(8)10-9(12)5-6-13-10/h1-6H,12H2. The Morgan fingerprint density at radius 2 is 1.92 bits per heavy atom. The van der Waals surface area contributed by atoms with Crippen LogP contribution in [0.25, 0.3) is 10.4 Å². The minimum Gasteiger partial charge on any atom is -0.398 e. The van der Waals surface area contributed by atoms with Gasteiger partial charge in [-0.05, 0) is 17.5 Å². The molecule has 66 valence electrons. The van der Waals surface area contributed by atoms with E-state index in [0.717, 1.165) is 20.6 Å². The number of thiophene rings is 1. The lowest BCUT2D eigenvalue weighted by molar-refractivity contribution is 1.64. The van der Waals surface area contributed by atoms with Crippen LogP contribution in [0.5, 0.6) is 0 Å². The second-order valence-electron chi connectivity index (χ2n) is 2.68. The smallest absolute Gasteiger partial charge is 0.0583 e. The minimum atomic E-state index is 0.844. The molecule has 0 radical (unpaired) electrons. The molecule has 0 atom stereocenters. The molecule has 2 N–H and O–H groups in total. The van der Waals surface area contributed by atoms with Crippen molar-refractivity contribution in [3.8, 4) is 10.4 Å². The first-order chi connectivity index (χ1) is 6.29. The normalized spacial score (nSPS) is 10.2. The first-order valence-electron chi connectivity index (χ1n) is 3.87. The lowest BCUT2D eigenvalue weighted by Gasteiger charge is -2.01. The molecule has 1 heterocycles. The highest BCUT2D eigenvalue weighted by Crippen LogP contribution is 2.35. The van der Waals surface area contributed by atoms with E-state index in [2.05, 4.69) is 22.0 Å². The fourth-order valence-corrected chi connectivity index (χ4v) is 2.66. The number of nitrogen functional groups attached to an aromatic ring is 1. The number of rotatable bonds is 1. The summed E-state index contributed by atoms with van der Waals surface area (Å²) in [6, 6.07) is 10.0. The van der Waals surface area contributed by atoms with Gasteiger partial charge in [0.15, 0.2) is 0 Å². The van der Waals surface area contributed by atoms with Gasteiger partial charge in [0.05, 0.1) is 10.6 Å². The molecule has 1 aromatic carbocycles. The average molecular weight is 254 g/mol. The summed E-state index contributed by atoms with van der Waals surface area (Å²) in [7, 11) is 0. The highest BCUT2D eigenvalue weighted by molar-refractivity contribution is 9.10. The fourth-order valence-electron chi connectivity index (χ4n) is 1.18. The molecule has 1 nitrogen and oxygen atoms in total. The van der Waals surface area contributed by atoms with Crippen LogP contribution >= 0.6 is 27.3 Å². The molecule has 2 rings (SSSR count). The molecule has 1 aromatic heterocycles. The molecule has 0 bridgehead atoms. The Kier molecular flexibility index (Phi) is 2.38. The third-order valence-electron chi connectivity index (χ3n) is 1.81. The van der Waals surface area contributed by atoms with Gasteiger partial charge in [0.25, 0.3) is 0 Å². The van der Waals surface area contributed by atoms with Crippen LogP contribution in [0.3, 0.4) is 0 Å². The van der Waals surface area contributed by atoms with Crippen LogP contribution < -0.4 is 5.73 Å². The van der Waals surface area contributed by atoms with Crippen molar-refractivity contribution in [2.45, 2.75) is 0 Å². The maximum atomic E-state index is 5.83. The van der Waals surface area contributed by atoms with Gasteiger partial charge < -0.3 is 5.73 Å². The maximum Gasteiger partial charge on any atom is 0.0583 e. The first-order valence-corrected chi connectivity index (χ1v) is 5.54. The Morgan fingerprint density at radius 1 is 1.15 bits per heavy atom. The number of halogens is 1. The van der Waals surface area contributed by atoms with Gasteiger partial charge in [-0.2, -0.15) is 0 Å². The number of nitrogens with two attached hydrogens (primary N) is 1. The van der Waals surface area contributed by atoms with Crippen LogP contribution in [-0.4, -0.2) is 0 Å². The van der Waals surface area contributed by atoms with Gasteiger partial charge in [0.2, 0.25) is 0 Å². The molecule has 0 saturated carbocycles. The third kappa shape index (κ3) is 1.62. The van der Waals surface area contributed by atoms with Gasteiger partial charge in [0, 0.05) is 10.0 Å². The predicted octanol–water partition coefficient (Wildman–Crippen LogP) is 3.76. The molecular formula is C10H8BrNS.